The molecule has 0 bridgehead atoms. The van der Waals surface area contributed by atoms with Crippen molar-refractivity contribution in [1.29, 1.82) is 0 Å². The van der Waals surface area contributed by atoms with Crippen molar-refractivity contribution in [3.8, 4) is 0 Å². The van der Waals surface area contributed by atoms with Gasteiger partial charge in [0.05, 0.1) is 11.5 Å². The van der Waals surface area contributed by atoms with Crippen LogP contribution in [0.1, 0.15) is 26.7 Å². The Hall–Kier alpha value is -0.270. The van der Waals surface area contributed by atoms with Crippen LogP contribution < -0.4 is 5.14 Å². The molecule has 0 saturated heterocycles. The average Bonchev–Trinajstić information content (AvgIpc) is 2.32. The first-order valence-electron chi connectivity index (χ1n) is 6.35. The van der Waals surface area contributed by atoms with E-state index in [0.29, 0.717) is 10.1 Å². The molecule has 0 heterocycles. The van der Waals surface area contributed by atoms with Gasteiger partial charge < -0.3 is 0 Å². The molecule has 0 aromatic carbocycles. The molecule has 0 radical (unpaired) electrons. The van der Waals surface area contributed by atoms with E-state index in [-0.39, 0.29) is 31.0 Å². The van der Waals surface area contributed by atoms with Gasteiger partial charge in [-0.3, -0.25) is 0 Å². The fraction of sp³-hybridized carbons (Fsp3) is 1.00. The zero-order valence-corrected chi connectivity index (χ0v) is 14.8. The highest BCUT2D eigenvalue weighted by Crippen LogP contribution is 2.13. The molecule has 2 N–H and O–H groups in total. The van der Waals surface area contributed by atoms with Crippen LogP contribution in [0, 0.1) is 0 Å². The van der Waals surface area contributed by atoms with E-state index >= 15 is 0 Å². The van der Waals surface area contributed by atoms with Crippen LogP contribution in [0.5, 0.6) is 0 Å². The number of nitrogens with two attached hydrogens (primary N) is 1. The van der Waals surface area contributed by atoms with Crippen molar-refractivity contribution in [2.75, 3.05) is 31.6 Å². The van der Waals surface area contributed by atoms with Gasteiger partial charge >= 0.3 is 0 Å². The van der Waals surface area contributed by atoms with E-state index in [1.807, 2.05) is 0 Å². The number of hydrogen-bond acceptors (Lipinski definition) is 6. The van der Waals surface area contributed by atoms with Crippen LogP contribution in [0.4, 0.5) is 0 Å². The lowest BCUT2D eigenvalue weighted by molar-refractivity contribution is 0.400. The molecule has 0 fully saturated rings. The molecule has 0 aliphatic heterocycles. The third kappa shape index (κ3) is 6.57. The minimum Gasteiger partial charge on any atom is -0.229 e. The van der Waals surface area contributed by atoms with Gasteiger partial charge in [-0.05, 0) is 12.8 Å². The number of sulfonamides is 2. The highest BCUT2D eigenvalue weighted by molar-refractivity contribution is 8.02. The minimum absolute atomic E-state index is 0.00638. The second-order valence-electron chi connectivity index (χ2n) is 4.42. The van der Waals surface area contributed by atoms with Crippen LogP contribution in [0.25, 0.3) is 0 Å². The van der Waals surface area contributed by atoms with Crippen LogP contribution in [0.2, 0.25) is 0 Å². The Balaban J connectivity index is 5.09. The molecule has 0 aliphatic carbocycles. The Morgan fingerprint density at radius 1 is 0.952 bits per heavy atom. The smallest absolute Gasteiger partial charge is 0.229 e. The molecule has 0 aliphatic rings. The first kappa shape index (κ1) is 20.7. The highest BCUT2D eigenvalue weighted by Gasteiger charge is 2.33. The monoisotopic (exact) mass is 365 g/mol. The summed E-state index contributed by atoms with van der Waals surface area (Å²) in [7, 11) is -10.8. The van der Waals surface area contributed by atoms with Crippen molar-refractivity contribution in [3.05, 3.63) is 0 Å². The van der Waals surface area contributed by atoms with Gasteiger partial charge in [0.2, 0.25) is 20.0 Å². The van der Waals surface area contributed by atoms with Crippen molar-refractivity contribution in [3.63, 3.8) is 0 Å². The van der Waals surface area contributed by atoms with Crippen LogP contribution in [0.15, 0.2) is 0 Å². The summed E-state index contributed by atoms with van der Waals surface area (Å²) in [6.07, 6.45) is 0.285. The van der Waals surface area contributed by atoms with Gasteiger partial charge in [-0.2, -0.15) is 12.7 Å². The normalized spacial score (nSPS) is 14.0. The first-order chi connectivity index (χ1) is 9.38. The molecule has 0 aromatic heterocycles. The lowest BCUT2D eigenvalue weighted by Gasteiger charge is -2.25. The van der Waals surface area contributed by atoms with Gasteiger partial charge in [-0.1, -0.05) is 17.6 Å². The molecule has 0 spiro atoms. The van der Waals surface area contributed by atoms with Crippen LogP contribution in [0.3, 0.4) is 0 Å². The third-order valence-electron chi connectivity index (χ3n) is 2.69. The molecule has 0 unspecified atom stereocenters. The average molecular weight is 365 g/mol. The summed E-state index contributed by atoms with van der Waals surface area (Å²) >= 11 is 0. The van der Waals surface area contributed by atoms with Gasteiger partial charge in [-0.15, -0.1) is 0 Å². The topological polar surface area (TPSA) is 135 Å². The second kappa shape index (κ2) is 7.83. The summed E-state index contributed by atoms with van der Waals surface area (Å²) in [5, 5.41) is 4.84. The van der Waals surface area contributed by atoms with E-state index in [0.717, 1.165) is 11.4 Å². The predicted molar refractivity (Wildman–Crippen MR) is 80.6 cm³/mol. The van der Waals surface area contributed by atoms with E-state index in [2.05, 4.69) is 0 Å². The summed E-state index contributed by atoms with van der Waals surface area (Å²) < 4.78 is 71.0. The molecule has 0 aromatic rings. The van der Waals surface area contributed by atoms with E-state index in [9.17, 15) is 25.3 Å². The number of primary sulfonamides is 1. The number of rotatable bonds is 10. The first-order valence-corrected chi connectivity index (χ1v) is 11.1. The van der Waals surface area contributed by atoms with E-state index in [1.165, 1.54) is 6.92 Å². The van der Waals surface area contributed by atoms with Crippen molar-refractivity contribution >= 4 is 30.3 Å². The maximum atomic E-state index is 12.2. The summed E-state index contributed by atoms with van der Waals surface area (Å²) in [5.74, 6) is -0.651. The fourth-order valence-electron chi connectivity index (χ4n) is 1.57. The lowest BCUT2D eigenvalue weighted by Crippen LogP contribution is -2.45. The van der Waals surface area contributed by atoms with Gasteiger partial charge in [0.15, 0.2) is 0 Å². The Bertz CT molecular complexity index is 626. The van der Waals surface area contributed by atoms with Crippen molar-refractivity contribution in [1.82, 2.24) is 8.02 Å². The molecule has 0 rings (SSSR count). The molecular weight excluding hydrogens is 342 g/mol. The molecule has 128 valence electrons. The lowest BCUT2D eigenvalue weighted by atomic mass is 10.5. The maximum absolute atomic E-state index is 12.2. The minimum atomic E-state index is -4.21. The summed E-state index contributed by atoms with van der Waals surface area (Å²) in [6, 6.07) is 0. The van der Waals surface area contributed by atoms with Crippen LogP contribution >= 0.6 is 0 Å². The van der Waals surface area contributed by atoms with E-state index in [4.69, 9.17) is 5.14 Å². The number of hydrogen-bond donors (Lipinski definition) is 1. The molecule has 21 heavy (non-hydrogen) atoms. The molecular formula is C9H23N3O6S3. The van der Waals surface area contributed by atoms with Gasteiger partial charge in [0.25, 0.3) is 10.2 Å². The van der Waals surface area contributed by atoms with Crippen LogP contribution in [-0.2, 0) is 30.3 Å². The zero-order valence-electron chi connectivity index (χ0n) is 12.4. The summed E-state index contributed by atoms with van der Waals surface area (Å²) in [4.78, 5) is 0. The largest absolute Gasteiger partial charge is 0.294 e. The quantitative estimate of drug-likeness (QED) is 0.522. The molecule has 9 nitrogen and oxygen atoms in total. The second-order valence-corrected chi connectivity index (χ2v) is 10.5. The maximum Gasteiger partial charge on any atom is 0.294 e. The predicted octanol–water partition coefficient (Wildman–Crippen LogP) is -1.10. The fourth-order valence-corrected chi connectivity index (χ4v) is 5.54. The van der Waals surface area contributed by atoms with E-state index < -0.39 is 30.3 Å². The highest BCUT2D eigenvalue weighted by atomic mass is 32.3. The van der Waals surface area contributed by atoms with Gasteiger partial charge in [0.1, 0.15) is 0 Å². The van der Waals surface area contributed by atoms with Gasteiger partial charge in [0, 0.05) is 20.1 Å². The Labute approximate surface area is 127 Å². The van der Waals surface area contributed by atoms with Crippen molar-refractivity contribution < 1.29 is 25.3 Å². The SMILES string of the molecule is CCCS(=O)(=O)N(C)S(=O)(=O)N(CC)CCCS(N)(=O)=O. The summed E-state index contributed by atoms with van der Waals surface area (Å²) in [6.45, 7) is 3.07. The molecule has 0 atom stereocenters. The third-order valence-corrected chi connectivity index (χ3v) is 8.25. The molecule has 0 amide bonds. The molecule has 12 heteroatoms. The summed E-state index contributed by atoms with van der Waals surface area (Å²) in [5.41, 5.74) is 0. The van der Waals surface area contributed by atoms with Gasteiger partial charge in [-0.25, -0.2) is 22.0 Å². The van der Waals surface area contributed by atoms with Crippen molar-refractivity contribution in [2.45, 2.75) is 26.7 Å². The van der Waals surface area contributed by atoms with Crippen LogP contribution in [-0.4, -0.2) is 64.9 Å². The van der Waals surface area contributed by atoms with E-state index in [1.54, 1.807) is 6.92 Å². The standard InChI is InChI=1S/C9H23N3O6S3/c1-4-8-20(15,16)11(3)21(17,18)12(5-2)7-6-9-19(10,13)14/h4-9H2,1-3H3,(H2,10,13,14). The Kier molecular flexibility index (Phi) is 7.73. The zero-order chi connectivity index (χ0) is 16.9. The number of nitrogens with zero attached hydrogens (tertiary/aromatic N) is 2. The Morgan fingerprint density at radius 3 is 1.86 bits per heavy atom. The van der Waals surface area contributed by atoms with Crippen molar-refractivity contribution in [2.24, 2.45) is 5.14 Å². The Morgan fingerprint density at radius 2 is 1.48 bits per heavy atom. The molecule has 0 saturated carbocycles.